The van der Waals surface area contributed by atoms with Gasteiger partial charge in [-0.05, 0) is 31.5 Å². The molecule has 1 N–H and O–H groups in total. The number of hydrogen-bond acceptors (Lipinski definition) is 3. The van der Waals surface area contributed by atoms with Gasteiger partial charge in [0.1, 0.15) is 12.4 Å². The van der Waals surface area contributed by atoms with Crippen LogP contribution < -0.4 is 10.1 Å². The highest BCUT2D eigenvalue weighted by atomic mass is 35.5. The van der Waals surface area contributed by atoms with Crippen LogP contribution in [0, 0.1) is 0 Å². The molecule has 0 aliphatic heterocycles. The van der Waals surface area contributed by atoms with E-state index in [1.54, 1.807) is 6.07 Å². The maximum absolute atomic E-state index is 6.23. The van der Waals surface area contributed by atoms with Gasteiger partial charge in [-0.1, -0.05) is 43.5 Å². The Morgan fingerprint density at radius 3 is 2.57 bits per heavy atom. The molecule has 3 nitrogen and oxygen atoms in total. The molecule has 0 aromatic heterocycles. The Balaban J connectivity index is 2.53. The van der Waals surface area contributed by atoms with Crippen molar-refractivity contribution in [3.05, 3.63) is 27.7 Å². The zero-order valence-electron chi connectivity index (χ0n) is 12.9. The Morgan fingerprint density at radius 1 is 1.05 bits per heavy atom. The highest BCUT2D eigenvalue weighted by Crippen LogP contribution is 2.32. The molecule has 120 valence electrons. The predicted molar refractivity (Wildman–Crippen MR) is 89.7 cm³/mol. The van der Waals surface area contributed by atoms with Gasteiger partial charge < -0.3 is 14.8 Å². The molecular weight excluding hydrogens is 309 g/mol. The fourth-order valence-electron chi connectivity index (χ4n) is 1.86. The normalized spacial score (nSPS) is 10.9. The van der Waals surface area contributed by atoms with Gasteiger partial charge in [0, 0.05) is 23.7 Å². The third-order valence-corrected chi connectivity index (χ3v) is 3.44. The third-order valence-electron chi connectivity index (χ3n) is 2.94. The molecule has 0 amide bonds. The van der Waals surface area contributed by atoms with Crippen LogP contribution in [0.3, 0.4) is 0 Å². The summed E-state index contributed by atoms with van der Waals surface area (Å²) in [6.45, 7) is 7.75. The van der Waals surface area contributed by atoms with E-state index in [4.69, 9.17) is 32.7 Å². The van der Waals surface area contributed by atoms with E-state index in [1.165, 1.54) is 0 Å². The van der Waals surface area contributed by atoms with Crippen LogP contribution in [0.15, 0.2) is 12.1 Å². The minimum atomic E-state index is 0.492. The van der Waals surface area contributed by atoms with Gasteiger partial charge in [0.05, 0.1) is 11.6 Å². The first-order valence-corrected chi connectivity index (χ1v) is 8.33. The molecule has 21 heavy (non-hydrogen) atoms. The van der Waals surface area contributed by atoms with Gasteiger partial charge in [-0.25, -0.2) is 0 Å². The Bertz CT molecular complexity index is 414. The summed E-state index contributed by atoms with van der Waals surface area (Å²) in [6, 6.07) is 3.60. The average molecular weight is 334 g/mol. The van der Waals surface area contributed by atoms with Crippen LogP contribution in [0.2, 0.25) is 10.0 Å². The number of unbranched alkanes of at least 4 members (excludes halogenated alkanes) is 1. The van der Waals surface area contributed by atoms with Crippen LogP contribution >= 0.6 is 23.2 Å². The molecule has 0 bridgehead atoms. The van der Waals surface area contributed by atoms with Crippen molar-refractivity contribution in [3.8, 4) is 5.75 Å². The highest BCUT2D eigenvalue weighted by molar-refractivity contribution is 6.35. The van der Waals surface area contributed by atoms with Crippen LogP contribution in [0.4, 0.5) is 0 Å². The summed E-state index contributed by atoms with van der Waals surface area (Å²) in [5.41, 5.74) is 0.981. The van der Waals surface area contributed by atoms with Crippen LogP contribution in [-0.2, 0) is 11.3 Å². The van der Waals surface area contributed by atoms with Crippen molar-refractivity contribution in [2.45, 2.75) is 39.7 Å². The molecule has 0 heterocycles. The number of hydrogen-bond donors (Lipinski definition) is 1. The van der Waals surface area contributed by atoms with Crippen LogP contribution in [0.5, 0.6) is 5.75 Å². The predicted octanol–water partition coefficient (Wildman–Crippen LogP) is 4.69. The summed E-state index contributed by atoms with van der Waals surface area (Å²) < 4.78 is 11.3. The fourth-order valence-corrected chi connectivity index (χ4v) is 2.45. The molecule has 0 saturated heterocycles. The lowest BCUT2D eigenvalue weighted by molar-refractivity contribution is 0.0977. The number of benzene rings is 1. The largest absolute Gasteiger partial charge is 0.489 e. The molecule has 1 aromatic carbocycles. The second-order valence-corrected chi connectivity index (χ2v) is 5.71. The molecule has 0 radical (unpaired) electrons. The van der Waals surface area contributed by atoms with E-state index in [2.05, 4.69) is 19.2 Å². The van der Waals surface area contributed by atoms with Crippen molar-refractivity contribution in [3.63, 3.8) is 0 Å². The first-order valence-electron chi connectivity index (χ1n) is 7.58. The van der Waals surface area contributed by atoms with Crippen molar-refractivity contribution < 1.29 is 9.47 Å². The number of ether oxygens (including phenoxy) is 2. The maximum atomic E-state index is 6.23. The molecule has 0 aliphatic rings. The average Bonchev–Trinajstić information content (AvgIpc) is 2.45. The molecule has 0 atom stereocenters. The lowest BCUT2D eigenvalue weighted by atomic mass is 10.2. The van der Waals surface area contributed by atoms with Gasteiger partial charge in [-0.15, -0.1) is 0 Å². The van der Waals surface area contributed by atoms with Gasteiger partial charge in [0.2, 0.25) is 0 Å². The third kappa shape index (κ3) is 7.37. The number of nitrogens with one attached hydrogen (secondary N) is 1. The Labute approximate surface area is 137 Å². The number of halogens is 2. The van der Waals surface area contributed by atoms with Gasteiger partial charge in [0.25, 0.3) is 0 Å². The van der Waals surface area contributed by atoms with Crippen molar-refractivity contribution >= 4 is 23.2 Å². The van der Waals surface area contributed by atoms with Crippen LogP contribution in [-0.4, -0.2) is 26.4 Å². The molecule has 5 heteroatoms. The van der Waals surface area contributed by atoms with Gasteiger partial charge in [0.15, 0.2) is 0 Å². The van der Waals surface area contributed by atoms with Crippen molar-refractivity contribution in [2.75, 3.05) is 26.4 Å². The minimum Gasteiger partial charge on any atom is -0.489 e. The van der Waals surface area contributed by atoms with Gasteiger partial charge in [-0.2, -0.15) is 0 Å². The van der Waals surface area contributed by atoms with Crippen molar-refractivity contribution in [2.24, 2.45) is 0 Å². The molecular formula is C16H25Cl2NO2. The zero-order chi connectivity index (χ0) is 15.5. The lowest BCUT2D eigenvalue weighted by Crippen LogP contribution is -2.16. The smallest absolute Gasteiger partial charge is 0.142 e. The van der Waals surface area contributed by atoms with E-state index in [-0.39, 0.29) is 0 Å². The topological polar surface area (TPSA) is 30.5 Å². The SMILES string of the molecule is CCCCOCCOc1c(Cl)cc(Cl)cc1CNCCC. The molecule has 0 aliphatic carbocycles. The molecule has 0 unspecified atom stereocenters. The summed E-state index contributed by atoms with van der Waals surface area (Å²) in [7, 11) is 0. The zero-order valence-corrected chi connectivity index (χ0v) is 14.4. The summed E-state index contributed by atoms with van der Waals surface area (Å²) in [5, 5.41) is 4.51. The monoisotopic (exact) mass is 333 g/mol. The van der Waals surface area contributed by atoms with E-state index < -0.39 is 0 Å². The molecule has 0 spiro atoms. The van der Waals surface area contributed by atoms with Crippen molar-refractivity contribution in [1.82, 2.24) is 5.32 Å². The molecule has 0 fully saturated rings. The van der Waals surface area contributed by atoms with Gasteiger partial charge in [-0.3, -0.25) is 0 Å². The Hall–Kier alpha value is -0.480. The quantitative estimate of drug-likeness (QED) is 0.596. The standard InChI is InChI=1S/C16H25Cl2NO2/c1-3-5-7-20-8-9-21-16-13(12-19-6-4-2)10-14(17)11-15(16)18/h10-11,19H,3-9,12H2,1-2H3. The lowest BCUT2D eigenvalue weighted by Gasteiger charge is -2.14. The summed E-state index contributed by atoms with van der Waals surface area (Å²) >= 11 is 12.3. The van der Waals surface area contributed by atoms with E-state index in [0.29, 0.717) is 35.6 Å². The fraction of sp³-hybridized carbons (Fsp3) is 0.625. The number of rotatable bonds is 11. The minimum absolute atomic E-state index is 0.492. The van der Waals surface area contributed by atoms with Crippen molar-refractivity contribution in [1.29, 1.82) is 0 Å². The summed E-state index contributed by atoms with van der Waals surface area (Å²) in [5.74, 6) is 0.698. The second kappa shape index (κ2) is 11.1. The van der Waals surface area contributed by atoms with Crippen LogP contribution in [0.25, 0.3) is 0 Å². The molecule has 1 rings (SSSR count). The van der Waals surface area contributed by atoms with E-state index in [1.807, 2.05) is 6.07 Å². The highest BCUT2D eigenvalue weighted by Gasteiger charge is 2.10. The van der Waals surface area contributed by atoms with Crippen LogP contribution in [0.1, 0.15) is 38.7 Å². The maximum Gasteiger partial charge on any atom is 0.142 e. The Morgan fingerprint density at radius 2 is 1.86 bits per heavy atom. The van der Waals surface area contributed by atoms with E-state index in [9.17, 15) is 0 Å². The molecule has 0 saturated carbocycles. The van der Waals surface area contributed by atoms with E-state index in [0.717, 1.165) is 38.0 Å². The Kier molecular flexibility index (Phi) is 9.85. The molecule has 1 aromatic rings. The van der Waals surface area contributed by atoms with Gasteiger partial charge >= 0.3 is 0 Å². The van der Waals surface area contributed by atoms with E-state index >= 15 is 0 Å². The summed E-state index contributed by atoms with van der Waals surface area (Å²) in [6.07, 6.45) is 3.29. The summed E-state index contributed by atoms with van der Waals surface area (Å²) in [4.78, 5) is 0. The second-order valence-electron chi connectivity index (χ2n) is 4.87. The first kappa shape index (κ1) is 18.6. The first-order chi connectivity index (χ1) is 10.2.